The highest BCUT2D eigenvalue weighted by atomic mass is 16.6. The molecule has 18 heavy (non-hydrogen) atoms. The van der Waals surface area contributed by atoms with Crippen molar-refractivity contribution < 1.29 is 14.3 Å². The maximum absolute atomic E-state index is 12.2. The summed E-state index contributed by atoms with van der Waals surface area (Å²) < 4.78 is 12.7. The van der Waals surface area contributed by atoms with Crippen molar-refractivity contribution in [3.63, 3.8) is 0 Å². The first-order chi connectivity index (χ1) is 8.75. The monoisotopic (exact) mass is 244 g/mol. The molecule has 1 aromatic heterocycles. The molecule has 0 spiro atoms. The summed E-state index contributed by atoms with van der Waals surface area (Å²) in [7, 11) is 1.73. The average molecular weight is 244 g/mol. The molecular weight excluding hydrogens is 232 g/mol. The number of benzene rings is 1. The molecule has 0 fully saturated rings. The minimum atomic E-state index is -0.615. The zero-order valence-electron chi connectivity index (χ0n) is 9.87. The number of para-hydroxylation sites is 2. The van der Waals surface area contributed by atoms with E-state index in [1.54, 1.807) is 25.4 Å². The Balaban J connectivity index is 1.84. The predicted octanol–water partition coefficient (Wildman–Crippen LogP) is 1.44. The Labute approximate surface area is 104 Å². The molecule has 1 aromatic carbocycles. The third-order valence-corrected chi connectivity index (χ3v) is 2.87. The van der Waals surface area contributed by atoms with Gasteiger partial charge < -0.3 is 9.47 Å². The average Bonchev–Trinajstić information content (AvgIpc) is 2.83. The van der Waals surface area contributed by atoms with E-state index in [0.29, 0.717) is 17.2 Å². The largest absolute Gasteiger partial charge is 0.485 e. The fourth-order valence-corrected chi connectivity index (χ4v) is 1.93. The Hall–Kier alpha value is -2.30. The van der Waals surface area contributed by atoms with Gasteiger partial charge in [0.25, 0.3) is 0 Å². The molecule has 0 saturated carbocycles. The normalized spacial score (nSPS) is 17.5. The van der Waals surface area contributed by atoms with Crippen LogP contribution in [0.15, 0.2) is 36.5 Å². The van der Waals surface area contributed by atoms with E-state index in [9.17, 15) is 4.79 Å². The minimum Gasteiger partial charge on any atom is -0.485 e. The summed E-state index contributed by atoms with van der Waals surface area (Å²) in [5, 5.41) is 3.98. The van der Waals surface area contributed by atoms with Crippen LogP contribution in [0.4, 0.5) is 0 Å². The van der Waals surface area contributed by atoms with E-state index < -0.39 is 6.10 Å². The summed E-state index contributed by atoms with van der Waals surface area (Å²) in [4.78, 5) is 12.2. The summed E-state index contributed by atoms with van der Waals surface area (Å²) in [6.45, 7) is 0.223. The molecule has 92 valence electrons. The summed E-state index contributed by atoms with van der Waals surface area (Å²) in [5.41, 5.74) is 0.517. The van der Waals surface area contributed by atoms with Gasteiger partial charge in [-0.15, -0.1) is 0 Å². The standard InChI is InChI=1S/C13H12N2O3/c1-15-9(6-7-14-15)13(16)12-8-17-10-4-2-3-5-11(10)18-12/h2-7,12H,8H2,1H3. The van der Waals surface area contributed by atoms with Gasteiger partial charge in [0.05, 0.1) is 0 Å². The molecule has 1 aliphatic heterocycles. The zero-order chi connectivity index (χ0) is 12.5. The van der Waals surface area contributed by atoms with Gasteiger partial charge in [0, 0.05) is 13.2 Å². The number of hydrogen-bond acceptors (Lipinski definition) is 4. The molecule has 0 aliphatic carbocycles. The van der Waals surface area contributed by atoms with Crippen molar-refractivity contribution in [1.29, 1.82) is 0 Å². The molecule has 1 aliphatic rings. The number of ketones is 1. The summed E-state index contributed by atoms with van der Waals surface area (Å²) in [5.74, 6) is 1.15. The van der Waals surface area contributed by atoms with Gasteiger partial charge in [-0.05, 0) is 18.2 Å². The van der Waals surface area contributed by atoms with E-state index in [1.165, 1.54) is 4.68 Å². The first-order valence-corrected chi connectivity index (χ1v) is 5.66. The van der Waals surface area contributed by atoms with Crippen LogP contribution in [-0.2, 0) is 7.05 Å². The van der Waals surface area contributed by atoms with Crippen LogP contribution < -0.4 is 9.47 Å². The van der Waals surface area contributed by atoms with Gasteiger partial charge in [-0.25, -0.2) is 0 Å². The van der Waals surface area contributed by atoms with Gasteiger partial charge in [0.1, 0.15) is 12.3 Å². The van der Waals surface area contributed by atoms with Crippen LogP contribution in [0.2, 0.25) is 0 Å². The molecule has 1 atom stereocenters. The quantitative estimate of drug-likeness (QED) is 0.750. The lowest BCUT2D eigenvalue weighted by Gasteiger charge is -2.25. The van der Waals surface area contributed by atoms with Crippen LogP contribution in [0.5, 0.6) is 11.5 Å². The molecule has 0 bridgehead atoms. The SMILES string of the molecule is Cn1nccc1C(=O)C1COc2ccccc2O1. The lowest BCUT2D eigenvalue weighted by Crippen LogP contribution is -2.37. The number of nitrogens with zero attached hydrogens (tertiary/aromatic N) is 2. The summed E-state index contributed by atoms with van der Waals surface area (Å²) in [6.07, 6.45) is 0.973. The number of ether oxygens (including phenoxy) is 2. The van der Waals surface area contributed by atoms with Crippen molar-refractivity contribution in [2.45, 2.75) is 6.10 Å². The molecule has 2 aromatic rings. The van der Waals surface area contributed by atoms with Crippen LogP contribution in [0.3, 0.4) is 0 Å². The van der Waals surface area contributed by atoms with Crippen LogP contribution >= 0.6 is 0 Å². The molecule has 5 heteroatoms. The number of aryl methyl sites for hydroxylation is 1. The number of fused-ring (bicyclic) bond motifs is 1. The predicted molar refractivity (Wildman–Crippen MR) is 63.9 cm³/mol. The van der Waals surface area contributed by atoms with Gasteiger partial charge in [0.2, 0.25) is 5.78 Å². The minimum absolute atomic E-state index is 0.121. The van der Waals surface area contributed by atoms with Gasteiger partial charge in [-0.3, -0.25) is 9.48 Å². The van der Waals surface area contributed by atoms with E-state index in [-0.39, 0.29) is 12.4 Å². The highest BCUT2D eigenvalue weighted by molar-refractivity contribution is 5.98. The Morgan fingerprint density at radius 3 is 2.83 bits per heavy atom. The fraction of sp³-hybridized carbons (Fsp3) is 0.231. The second-order valence-corrected chi connectivity index (χ2v) is 4.07. The van der Waals surface area contributed by atoms with Crippen LogP contribution in [0, 0.1) is 0 Å². The molecule has 0 N–H and O–H groups in total. The van der Waals surface area contributed by atoms with Crippen molar-refractivity contribution >= 4 is 5.78 Å². The summed E-state index contributed by atoms with van der Waals surface area (Å²) in [6, 6.07) is 8.99. The van der Waals surface area contributed by atoms with Crippen LogP contribution in [-0.4, -0.2) is 28.3 Å². The van der Waals surface area contributed by atoms with Crippen molar-refractivity contribution in [3.05, 3.63) is 42.2 Å². The van der Waals surface area contributed by atoms with Gasteiger partial charge >= 0.3 is 0 Å². The van der Waals surface area contributed by atoms with E-state index >= 15 is 0 Å². The second kappa shape index (κ2) is 4.18. The summed E-state index contributed by atoms with van der Waals surface area (Å²) >= 11 is 0. The fourth-order valence-electron chi connectivity index (χ4n) is 1.93. The molecule has 0 saturated heterocycles. The molecule has 5 nitrogen and oxygen atoms in total. The number of carbonyl (C=O) groups excluding carboxylic acids is 1. The van der Waals surface area contributed by atoms with Crippen molar-refractivity contribution in [3.8, 4) is 11.5 Å². The first kappa shape index (κ1) is 10.8. The van der Waals surface area contributed by atoms with E-state index in [4.69, 9.17) is 9.47 Å². The highest BCUT2D eigenvalue weighted by Crippen LogP contribution is 2.31. The number of rotatable bonds is 2. The van der Waals surface area contributed by atoms with E-state index in [2.05, 4.69) is 5.10 Å². The number of hydrogen-bond donors (Lipinski definition) is 0. The molecule has 3 rings (SSSR count). The second-order valence-electron chi connectivity index (χ2n) is 4.07. The third-order valence-electron chi connectivity index (χ3n) is 2.87. The van der Waals surface area contributed by atoms with E-state index in [1.807, 2.05) is 18.2 Å². The smallest absolute Gasteiger partial charge is 0.224 e. The zero-order valence-corrected chi connectivity index (χ0v) is 9.87. The van der Waals surface area contributed by atoms with Crippen molar-refractivity contribution in [2.75, 3.05) is 6.61 Å². The third kappa shape index (κ3) is 1.73. The van der Waals surface area contributed by atoms with E-state index in [0.717, 1.165) is 0 Å². The Bertz CT molecular complexity index is 591. The maximum Gasteiger partial charge on any atom is 0.224 e. The van der Waals surface area contributed by atoms with Crippen LogP contribution in [0.25, 0.3) is 0 Å². The van der Waals surface area contributed by atoms with Gasteiger partial charge in [-0.1, -0.05) is 12.1 Å². The van der Waals surface area contributed by atoms with Gasteiger partial charge in [0.15, 0.2) is 17.6 Å². The molecule has 2 heterocycles. The molecule has 0 radical (unpaired) electrons. The lowest BCUT2D eigenvalue weighted by atomic mass is 10.1. The number of aromatic nitrogens is 2. The molecular formula is C13H12N2O3. The van der Waals surface area contributed by atoms with Crippen LogP contribution in [0.1, 0.15) is 10.5 Å². The first-order valence-electron chi connectivity index (χ1n) is 5.66. The number of Topliss-reactive ketones (excluding diaryl/α,β-unsaturated/α-hetero) is 1. The topological polar surface area (TPSA) is 53.4 Å². The maximum atomic E-state index is 12.2. The Morgan fingerprint density at radius 1 is 1.33 bits per heavy atom. The van der Waals surface area contributed by atoms with Crippen molar-refractivity contribution in [2.24, 2.45) is 7.05 Å². The Kier molecular flexibility index (Phi) is 2.51. The lowest BCUT2D eigenvalue weighted by molar-refractivity contribution is 0.0576. The Morgan fingerprint density at radius 2 is 2.11 bits per heavy atom. The molecule has 1 unspecified atom stereocenters. The van der Waals surface area contributed by atoms with Crippen molar-refractivity contribution in [1.82, 2.24) is 9.78 Å². The van der Waals surface area contributed by atoms with Gasteiger partial charge in [-0.2, -0.15) is 5.10 Å². The molecule has 0 amide bonds. The number of carbonyl (C=O) groups is 1. The highest BCUT2D eigenvalue weighted by Gasteiger charge is 2.29.